The maximum atomic E-state index is 6.62. The first-order chi connectivity index (χ1) is 24.8. The SMILES string of the molecule is c1ccc(-c2nc(-c3ccccc3)nc(-c3cccc4oc5c(-c6ccccc6)nc(-c6ccc7c(c6)oc6ccccc67)nc5c34)n2)cc1. The largest absolute Gasteiger partial charge is 0.456 e. The minimum atomic E-state index is 0.524. The lowest BCUT2D eigenvalue weighted by Crippen LogP contribution is -2.00. The van der Waals surface area contributed by atoms with E-state index >= 15 is 0 Å². The molecule has 10 aromatic rings. The summed E-state index contributed by atoms with van der Waals surface area (Å²) in [6.45, 7) is 0. The molecule has 0 aliphatic heterocycles. The number of hydrogen-bond donors (Lipinski definition) is 0. The van der Waals surface area contributed by atoms with E-state index in [1.54, 1.807) is 0 Å². The van der Waals surface area contributed by atoms with Crippen LogP contribution in [0.1, 0.15) is 0 Å². The molecule has 0 atom stereocenters. The van der Waals surface area contributed by atoms with Gasteiger partial charge in [0.1, 0.15) is 28.0 Å². The van der Waals surface area contributed by atoms with Gasteiger partial charge in [-0.1, -0.05) is 127 Å². The third-order valence-electron chi connectivity index (χ3n) is 8.97. The summed E-state index contributed by atoms with van der Waals surface area (Å²) in [6.07, 6.45) is 0. The Morgan fingerprint density at radius 3 is 1.66 bits per heavy atom. The van der Waals surface area contributed by atoms with Gasteiger partial charge >= 0.3 is 0 Å². The molecule has 4 heterocycles. The van der Waals surface area contributed by atoms with Crippen molar-refractivity contribution in [2.45, 2.75) is 0 Å². The zero-order valence-corrected chi connectivity index (χ0v) is 26.5. The van der Waals surface area contributed by atoms with Crippen LogP contribution >= 0.6 is 0 Å². The van der Waals surface area contributed by atoms with Crippen LogP contribution in [0.5, 0.6) is 0 Å². The molecule has 7 heteroatoms. The van der Waals surface area contributed by atoms with Crippen LogP contribution in [0.4, 0.5) is 0 Å². The van der Waals surface area contributed by atoms with Gasteiger partial charge in [-0.25, -0.2) is 24.9 Å². The predicted molar refractivity (Wildman–Crippen MR) is 197 cm³/mol. The zero-order chi connectivity index (χ0) is 33.0. The molecule has 0 saturated heterocycles. The van der Waals surface area contributed by atoms with Crippen LogP contribution in [0.15, 0.2) is 160 Å². The van der Waals surface area contributed by atoms with E-state index in [2.05, 4.69) is 12.1 Å². The van der Waals surface area contributed by atoms with Crippen molar-refractivity contribution in [1.82, 2.24) is 24.9 Å². The fourth-order valence-electron chi connectivity index (χ4n) is 6.59. The summed E-state index contributed by atoms with van der Waals surface area (Å²) in [5.41, 5.74) is 8.58. The van der Waals surface area contributed by atoms with Crippen molar-refractivity contribution in [1.29, 1.82) is 0 Å². The summed E-state index contributed by atoms with van der Waals surface area (Å²) in [5.74, 6) is 2.25. The number of aromatic nitrogens is 5. The molecular formula is C43H25N5O2. The van der Waals surface area contributed by atoms with Crippen molar-refractivity contribution in [2.75, 3.05) is 0 Å². The van der Waals surface area contributed by atoms with Crippen molar-refractivity contribution in [3.8, 4) is 56.8 Å². The second-order valence-electron chi connectivity index (χ2n) is 12.1. The fourth-order valence-corrected chi connectivity index (χ4v) is 6.59. The third kappa shape index (κ3) is 4.64. The summed E-state index contributed by atoms with van der Waals surface area (Å²) >= 11 is 0. The van der Waals surface area contributed by atoms with E-state index in [0.717, 1.165) is 55.1 Å². The van der Waals surface area contributed by atoms with Crippen LogP contribution in [-0.4, -0.2) is 24.9 Å². The zero-order valence-electron chi connectivity index (χ0n) is 26.5. The van der Waals surface area contributed by atoms with E-state index in [1.807, 2.05) is 140 Å². The Kier molecular flexibility index (Phi) is 6.35. The van der Waals surface area contributed by atoms with Gasteiger partial charge in [-0.05, 0) is 24.3 Å². The first-order valence-electron chi connectivity index (χ1n) is 16.3. The minimum absolute atomic E-state index is 0.524. The van der Waals surface area contributed by atoms with Crippen molar-refractivity contribution in [3.05, 3.63) is 152 Å². The molecule has 0 saturated carbocycles. The molecule has 0 radical (unpaired) electrons. The van der Waals surface area contributed by atoms with E-state index in [-0.39, 0.29) is 0 Å². The van der Waals surface area contributed by atoms with Crippen molar-refractivity contribution < 1.29 is 8.83 Å². The molecule has 0 N–H and O–H groups in total. The standard InChI is InChI=1S/C43H25N5O2/c1-4-13-26(14-5-1)37-39-38(45-42(44-37)29-23-24-31-30-19-10-11-21-33(30)49-35(31)25-29)36-32(20-12-22-34(36)50-39)43-47-40(27-15-6-2-7-16-27)46-41(48-43)28-17-8-3-9-18-28/h1-25H. The van der Waals surface area contributed by atoms with Crippen LogP contribution in [0, 0.1) is 0 Å². The Hall–Kier alpha value is -6.99. The predicted octanol–water partition coefficient (Wildman–Crippen LogP) is 10.8. The summed E-state index contributed by atoms with van der Waals surface area (Å²) in [6, 6.07) is 50.1. The van der Waals surface area contributed by atoms with Crippen LogP contribution in [-0.2, 0) is 0 Å². The lowest BCUT2D eigenvalue weighted by molar-refractivity contribution is 0.667. The highest BCUT2D eigenvalue weighted by Crippen LogP contribution is 2.40. The van der Waals surface area contributed by atoms with Crippen molar-refractivity contribution >= 4 is 44.0 Å². The van der Waals surface area contributed by atoms with Crippen LogP contribution in [0.2, 0.25) is 0 Å². The molecule has 50 heavy (non-hydrogen) atoms. The molecule has 0 spiro atoms. The van der Waals surface area contributed by atoms with Gasteiger partial charge in [-0.2, -0.15) is 0 Å². The first-order valence-corrected chi connectivity index (χ1v) is 16.3. The Bertz CT molecular complexity index is 2810. The van der Waals surface area contributed by atoms with Crippen molar-refractivity contribution in [2.24, 2.45) is 0 Å². The molecule has 6 aromatic carbocycles. The van der Waals surface area contributed by atoms with Gasteiger partial charge in [0.05, 0.1) is 5.39 Å². The van der Waals surface area contributed by atoms with E-state index in [1.165, 1.54) is 0 Å². The van der Waals surface area contributed by atoms with Gasteiger partial charge in [-0.15, -0.1) is 0 Å². The number of nitrogens with zero attached hydrogens (tertiary/aromatic N) is 5. The molecular weight excluding hydrogens is 619 g/mol. The van der Waals surface area contributed by atoms with Crippen molar-refractivity contribution in [3.63, 3.8) is 0 Å². The number of fused-ring (bicyclic) bond motifs is 6. The second kappa shape index (κ2) is 11.3. The monoisotopic (exact) mass is 643 g/mol. The Morgan fingerprint density at radius 2 is 0.940 bits per heavy atom. The summed E-state index contributed by atoms with van der Waals surface area (Å²) in [4.78, 5) is 25.3. The molecule has 0 bridgehead atoms. The fraction of sp³-hybridized carbons (Fsp3) is 0. The molecule has 0 aliphatic rings. The third-order valence-corrected chi connectivity index (χ3v) is 8.97. The molecule has 0 aliphatic carbocycles. The Balaban J connectivity index is 1.24. The quantitative estimate of drug-likeness (QED) is 0.184. The number of para-hydroxylation sites is 1. The summed E-state index contributed by atoms with van der Waals surface area (Å²) in [7, 11) is 0. The maximum Gasteiger partial charge on any atom is 0.180 e. The maximum absolute atomic E-state index is 6.62. The molecule has 0 fully saturated rings. The highest BCUT2D eigenvalue weighted by molar-refractivity contribution is 6.13. The van der Waals surface area contributed by atoms with E-state index < -0.39 is 0 Å². The second-order valence-corrected chi connectivity index (χ2v) is 12.1. The van der Waals surface area contributed by atoms with E-state index in [4.69, 9.17) is 33.8 Å². The van der Waals surface area contributed by atoms with E-state index in [0.29, 0.717) is 45.7 Å². The van der Waals surface area contributed by atoms with Crippen LogP contribution < -0.4 is 0 Å². The van der Waals surface area contributed by atoms with Gasteiger partial charge in [0.25, 0.3) is 0 Å². The van der Waals surface area contributed by atoms with Crippen LogP contribution in [0.25, 0.3) is 101 Å². The van der Waals surface area contributed by atoms with E-state index in [9.17, 15) is 0 Å². The van der Waals surface area contributed by atoms with Gasteiger partial charge in [0.2, 0.25) is 0 Å². The summed E-state index contributed by atoms with van der Waals surface area (Å²) < 4.78 is 12.9. The van der Waals surface area contributed by atoms with Gasteiger partial charge in [0.15, 0.2) is 28.9 Å². The highest BCUT2D eigenvalue weighted by Gasteiger charge is 2.23. The molecule has 234 valence electrons. The van der Waals surface area contributed by atoms with Gasteiger partial charge < -0.3 is 8.83 Å². The Morgan fingerprint density at radius 1 is 0.360 bits per heavy atom. The highest BCUT2D eigenvalue weighted by atomic mass is 16.3. The Labute approximate surface area is 285 Å². The lowest BCUT2D eigenvalue weighted by Gasteiger charge is -2.09. The van der Waals surface area contributed by atoms with Gasteiger partial charge in [0, 0.05) is 38.6 Å². The summed E-state index contributed by atoms with van der Waals surface area (Å²) in [5, 5.41) is 2.92. The smallest absolute Gasteiger partial charge is 0.180 e. The molecule has 0 unspecified atom stereocenters. The average Bonchev–Trinajstić information content (AvgIpc) is 3.76. The molecule has 10 rings (SSSR count). The van der Waals surface area contributed by atoms with Crippen LogP contribution in [0.3, 0.4) is 0 Å². The number of hydrogen-bond acceptors (Lipinski definition) is 7. The minimum Gasteiger partial charge on any atom is -0.456 e. The molecule has 0 amide bonds. The number of benzene rings is 6. The topological polar surface area (TPSA) is 90.7 Å². The lowest BCUT2D eigenvalue weighted by atomic mass is 10.1. The molecule has 7 nitrogen and oxygen atoms in total. The normalized spacial score (nSPS) is 11.6. The number of furan rings is 2. The first kappa shape index (κ1) is 28.1. The van der Waals surface area contributed by atoms with Gasteiger partial charge in [-0.3, -0.25) is 0 Å². The molecule has 4 aromatic heterocycles. The number of rotatable bonds is 5. The average molecular weight is 644 g/mol.